The Hall–Kier alpha value is -5.60. The number of rotatable bonds is 17. The van der Waals surface area contributed by atoms with Gasteiger partial charge in [0.15, 0.2) is 0 Å². The molecule has 2 atom stereocenters. The van der Waals surface area contributed by atoms with Crippen molar-refractivity contribution in [2.75, 3.05) is 19.6 Å². The molecule has 1 aromatic heterocycles. The van der Waals surface area contributed by atoms with Gasteiger partial charge in [-0.1, -0.05) is 92.3 Å². The fourth-order valence-corrected chi connectivity index (χ4v) is 4.31. The van der Waals surface area contributed by atoms with Crippen LogP contribution in [0.5, 0.6) is 0 Å². The van der Waals surface area contributed by atoms with Crippen molar-refractivity contribution in [2.24, 2.45) is 17.2 Å². The number of unbranched alkanes of at least 4 members (excludes halogenated alkanes) is 1. The van der Waals surface area contributed by atoms with Crippen LogP contribution in [0.3, 0.4) is 0 Å². The van der Waals surface area contributed by atoms with E-state index in [4.69, 9.17) is 17.2 Å². The highest BCUT2D eigenvalue weighted by atomic mass is 16.2. The van der Waals surface area contributed by atoms with Gasteiger partial charge >= 0.3 is 0 Å². The zero-order valence-electron chi connectivity index (χ0n) is 31.5. The maximum Gasteiger partial charge on any atom is 0.243 e. The normalized spacial score (nSPS) is 12.2. The molecule has 0 radical (unpaired) electrons. The number of amides is 5. The maximum absolute atomic E-state index is 13.5. The van der Waals surface area contributed by atoms with E-state index in [-0.39, 0.29) is 19.4 Å². The van der Waals surface area contributed by atoms with Gasteiger partial charge in [0.25, 0.3) is 0 Å². The number of imidazole rings is 1. The predicted octanol–water partition coefficient (Wildman–Crippen LogP) is 2.21. The van der Waals surface area contributed by atoms with E-state index in [0.717, 1.165) is 22.9 Å². The van der Waals surface area contributed by atoms with Crippen LogP contribution in [0, 0.1) is 0 Å². The second kappa shape index (κ2) is 24.6. The minimum atomic E-state index is -1.26. The summed E-state index contributed by atoms with van der Waals surface area (Å²) in [7, 11) is 0. The van der Waals surface area contributed by atoms with Crippen molar-refractivity contribution < 1.29 is 24.0 Å². The quantitative estimate of drug-likeness (QED) is 0.0956. The SMILES string of the molecule is C=C/C(C)=C\C=C/C.CC(C)(N)C(=O)NC(Cc1cnc[nH]1)C(=O)NC(Cc1ccc2ccccc2c1)C(=O)NCC(=O)NCC(N)=O.CCCCN. The second-order valence-corrected chi connectivity index (χ2v) is 12.7. The average molecular weight is 732 g/mol. The van der Waals surface area contributed by atoms with Crippen LogP contribution >= 0.6 is 0 Å². The first-order chi connectivity index (χ1) is 25.1. The Balaban J connectivity index is 0.000000919. The Morgan fingerprint density at radius 1 is 0.962 bits per heavy atom. The lowest BCUT2D eigenvalue weighted by molar-refractivity contribution is -0.133. The Morgan fingerprint density at radius 2 is 1.64 bits per heavy atom. The van der Waals surface area contributed by atoms with Crippen molar-refractivity contribution in [3.63, 3.8) is 0 Å². The van der Waals surface area contributed by atoms with Crippen molar-refractivity contribution >= 4 is 40.3 Å². The minimum Gasteiger partial charge on any atom is -0.368 e. The molecule has 11 N–H and O–H groups in total. The summed E-state index contributed by atoms with van der Waals surface area (Å²) < 4.78 is 0. The highest BCUT2D eigenvalue weighted by Gasteiger charge is 2.31. The molecule has 3 aromatic rings. The molecule has 0 aliphatic heterocycles. The molecule has 2 unspecified atom stereocenters. The average Bonchev–Trinajstić information content (AvgIpc) is 3.65. The number of fused-ring (bicyclic) bond motifs is 1. The third-order valence-electron chi connectivity index (χ3n) is 7.39. The smallest absolute Gasteiger partial charge is 0.243 e. The molecular formula is C39H57N9O5. The van der Waals surface area contributed by atoms with Crippen LogP contribution in [-0.2, 0) is 36.8 Å². The van der Waals surface area contributed by atoms with Gasteiger partial charge in [-0.2, -0.15) is 0 Å². The van der Waals surface area contributed by atoms with Crippen LogP contribution < -0.4 is 38.5 Å². The van der Waals surface area contributed by atoms with Gasteiger partial charge in [-0.05, 0) is 57.0 Å². The highest BCUT2D eigenvalue weighted by molar-refractivity contribution is 5.95. The van der Waals surface area contributed by atoms with Gasteiger partial charge in [0, 0.05) is 24.7 Å². The number of hydrogen-bond acceptors (Lipinski definition) is 8. The molecule has 0 aliphatic carbocycles. The first-order valence-electron chi connectivity index (χ1n) is 17.4. The monoisotopic (exact) mass is 731 g/mol. The number of H-pyrrole nitrogens is 1. The molecule has 288 valence electrons. The number of hydrogen-bond donors (Lipinski definition) is 8. The zero-order valence-corrected chi connectivity index (χ0v) is 31.5. The summed E-state index contributed by atoms with van der Waals surface area (Å²) in [5.74, 6) is -3.19. The number of carbonyl (C=O) groups excluding carboxylic acids is 5. The van der Waals surface area contributed by atoms with Crippen LogP contribution in [0.4, 0.5) is 0 Å². The molecule has 14 heteroatoms. The van der Waals surface area contributed by atoms with E-state index in [1.165, 1.54) is 44.8 Å². The van der Waals surface area contributed by atoms with Crippen molar-refractivity contribution in [3.8, 4) is 0 Å². The molecule has 14 nitrogen and oxygen atoms in total. The van der Waals surface area contributed by atoms with Crippen LogP contribution in [0.1, 0.15) is 58.7 Å². The number of aromatic amines is 1. The molecule has 3 rings (SSSR count). The number of benzene rings is 2. The van der Waals surface area contributed by atoms with Gasteiger partial charge < -0.3 is 43.5 Å². The van der Waals surface area contributed by atoms with Gasteiger partial charge in [0.2, 0.25) is 29.5 Å². The topological polar surface area (TPSA) is 240 Å². The Morgan fingerprint density at radius 3 is 2.19 bits per heavy atom. The van der Waals surface area contributed by atoms with E-state index in [1.807, 2.05) is 80.6 Å². The second-order valence-electron chi connectivity index (χ2n) is 12.7. The number of nitrogens with one attached hydrogen (secondary N) is 5. The summed E-state index contributed by atoms with van der Waals surface area (Å²) in [6.45, 7) is 12.8. The van der Waals surface area contributed by atoms with E-state index in [2.05, 4.69) is 44.7 Å². The number of carbonyl (C=O) groups is 5. The minimum absolute atomic E-state index is 0.0630. The van der Waals surface area contributed by atoms with Crippen molar-refractivity contribution in [1.82, 2.24) is 31.2 Å². The molecule has 0 spiro atoms. The molecule has 0 saturated heterocycles. The summed E-state index contributed by atoms with van der Waals surface area (Å²) in [6, 6.07) is 11.2. The molecule has 0 saturated carbocycles. The third kappa shape index (κ3) is 19.0. The van der Waals surface area contributed by atoms with Crippen LogP contribution in [-0.4, -0.2) is 76.8 Å². The van der Waals surface area contributed by atoms with Crippen LogP contribution in [0.2, 0.25) is 0 Å². The van der Waals surface area contributed by atoms with E-state index in [1.54, 1.807) is 0 Å². The Labute approximate surface area is 312 Å². The van der Waals surface area contributed by atoms with Crippen molar-refractivity contribution in [3.05, 3.63) is 103 Å². The molecule has 53 heavy (non-hydrogen) atoms. The number of aromatic nitrogens is 2. The van der Waals surface area contributed by atoms with E-state index >= 15 is 0 Å². The number of nitrogens with two attached hydrogens (primary N) is 3. The molecule has 2 aromatic carbocycles. The van der Waals surface area contributed by atoms with Gasteiger partial charge in [-0.15, -0.1) is 0 Å². The lowest BCUT2D eigenvalue weighted by Gasteiger charge is -2.26. The zero-order chi connectivity index (χ0) is 39.8. The van der Waals surface area contributed by atoms with Crippen molar-refractivity contribution in [2.45, 2.75) is 77.9 Å². The first kappa shape index (κ1) is 45.4. The largest absolute Gasteiger partial charge is 0.368 e. The number of allylic oxidation sites excluding steroid dienone is 5. The summed E-state index contributed by atoms with van der Waals surface area (Å²) in [5, 5.41) is 12.1. The maximum atomic E-state index is 13.5. The molecule has 0 bridgehead atoms. The van der Waals surface area contributed by atoms with Gasteiger partial charge in [-0.25, -0.2) is 4.98 Å². The van der Waals surface area contributed by atoms with Gasteiger partial charge in [0.1, 0.15) is 12.1 Å². The number of primary amides is 1. The van der Waals surface area contributed by atoms with Crippen LogP contribution in [0.25, 0.3) is 10.8 Å². The molecule has 0 fully saturated rings. The lowest BCUT2D eigenvalue weighted by Crippen LogP contribution is -2.59. The standard InChI is InChI=1S/C27H34N8O5.C8H12.C4H11N/c1-27(2,29)26(40)35-21(11-19-12-30-15-33-19)25(39)34-20(24(38)32-14-23(37)31-13-22(28)36)10-16-7-8-17-5-3-4-6-18(17)9-16;1-4-6-7-8(3)5-2;1-2-3-4-5/h3-9,12,15,20-21H,10-11,13-14,29H2,1-2H3,(H2,28,36)(H,30,33)(H,31,37)(H,32,38)(H,34,39)(H,35,40);4-7H,2H2,1,3H3;2-5H2,1H3/b;6-4-,8-7-;. The lowest BCUT2D eigenvalue weighted by atomic mass is 10.00. The Kier molecular flexibility index (Phi) is 21.0. The molecule has 5 amide bonds. The van der Waals surface area contributed by atoms with Crippen molar-refractivity contribution in [1.29, 1.82) is 0 Å². The third-order valence-corrected chi connectivity index (χ3v) is 7.39. The van der Waals surface area contributed by atoms with Gasteiger partial charge in [-0.3, -0.25) is 24.0 Å². The Bertz CT molecular complexity index is 1680. The van der Waals surface area contributed by atoms with E-state index < -0.39 is 53.7 Å². The molecule has 0 aliphatic rings. The number of nitrogens with zero attached hydrogens (tertiary/aromatic N) is 1. The fraction of sp³-hybridized carbons (Fsp3) is 0.385. The first-order valence-corrected chi connectivity index (χ1v) is 17.4. The van der Waals surface area contributed by atoms with E-state index in [9.17, 15) is 24.0 Å². The molecular weight excluding hydrogens is 674 g/mol. The molecule has 1 heterocycles. The van der Waals surface area contributed by atoms with Gasteiger partial charge in [0.05, 0.1) is 25.0 Å². The summed E-state index contributed by atoms with van der Waals surface area (Å²) in [6.07, 6.45) is 13.3. The van der Waals surface area contributed by atoms with E-state index in [0.29, 0.717) is 5.69 Å². The highest BCUT2D eigenvalue weighted by Crippen LogP contribution is 2.17. The summed E-state index contributed by atoms with van der Waals surface area (Å²) in [5.41, 5.74) is 17.4. The summed E-state index contributed by atoms with van der Waals surface area (Å²) in [4.78, 5) is 69.0. The fourth-order valence-electron chi connectivity index (χ4n) is 4.31. The van der Waals surface area contributed by atoms with Crippen LogP contribution in [0.15, 0.2) is 91.4 Å². The summed E-state index contributed by atoms with van der Waals surface area (Å²) >= 11 is 0. The predicted molar refractivity (Wildman–Crippen MR) is 210 cm³/mol.